The Morgan fingerprint density at radius 3 is 2.75 bits per heavy atom. The lowest BCUT2D eigenvalue weighted by Crippen LogP contribution is -2.52. The second kappa shape index (κ2) is 9.95. The third kappa shape index (κ3) is 5.83. The van der Waals surface area contributed by atoms with Gasteiger partial charge in [0.1, 0.15) is 11.6 Å². The number of pyridine rings is 2. The molecule has 3 heterocycles. The average molecular weight is 471 g/mol. The van der Waals surface area contributed by atoms with Gasteiger partial charge in [0.2, 0.25) is 5.91 Å². The van der Waals surface area contributed by atoms with Crippen LogP contribution < -0.4 is 10.9 Å². The van der Waals surface area contributed by atoms with Crippen molar-refractivity contribution in [3.05, 3.63) is 58.4 Å². The normalized spacial score (nSPS) is 20.5. The number of amides is 1. The molecule has 7 nitrogen and oxygen atoms in total. The number of alkyl halides is 2. The molecule has 11 heteroatoms. The highest BCUT2D eigenvalue weighted by Gasteiger charge is 2.46. The highest BCUT2D eigenvalue weighted by atomic mass is 32.2. The van der Waals surface area contributed by atoms with Crippen LogP contribution in [0.25, 0.3) is 0 Å². The van der Waals surface area contributed by atoms with Crippen LogP contribution in [0.3, 0.4) is 0 Å². The lowest BCUT2D eigenvalue weighted by molar-refractivity contribution is -0.125. The van der Waals surface area contributed by atoms with Gasteiger partial charge in [0.05, 0.1) is 18.2 Å². The van der Waals surface area contributed by atoms with Gasteiger partial charge in [-0.15, -0.1) is 0 Å². The summed E-state index contributed by atoms with van der Waals surface area (Å²) in [5, 5.41) is 2.57. The van der Waals surface area contributed by atoms with Gasteiger partial charge >= 0.3 is 0 Å². The number of hydrogen-bond acceptors (Lipinski definition) is 5. The van der Waals surface area contributed by atoms with E-state index in [-0.39, 0.29) is 42.3 Å². The van der Waals surface area contributed by atoms with E-state index < -0.39 is 46.8 Å². The maximum atomic E-state index is 14.8. The summed E-state index contributed by atoms with van der Waals surface area (Å²) >= 11 is 0. The van der Waals surface area contributed by atoms with Gasteiger partial charge in [-0.1, -0.05) is 6.07 Å². The van der Waals surface area contributed by atoms with Gasteiger partial charge in [-0.3, -0.25) is 18.7 Å². The number of carbonyl (C=O) groups excluding carboxylic acids is 1. The standard InChI is InChI=1S/C21H25F3N4O3S/c1-14(20(30)26-18-5-4-16(22)11-25-18)27-8-7-21(23,24)17(13-27)15-3-6-19(29)28(12-15)9-10-32(2)31/h3-6,11-12,14,17H,7-10,13H2,1-2H3,(H,25,26,30). The van der Waals surface area contributed by atoms with E-state index in [2.05, 4.69) is 10.3 Å². The van der Waals surface area contributed by atoms with Crippen LogP contribution in [-0.4, -0.2) is 61.6 Å². The van der Waals surface area contributed by atoms with Crippen molar-refractivity contribution in [3.8, 4) is 0 Å². The lowest BCUT2D eigenvalue weighted by Gasteiger charge is -2.40. The van der Waals surface area contributed by atoms with Gasteiger partial charge in [-0.05, 0) is 24.6 Å². The monoisotopic (exact) mass is 470 g/mol. The number of anilines is 1. The van der Waals surface area contributed by atoms with Crippen molar-refractivity contribution in [2.24, 2.45) is 0 Å². The third-order valence-corrected chi connectivity index (χ3v) is 6.35. The fourth-order valence-electron chi connectivity index (χ4n) is 3.63. The fraction of sp³-hybridized carbons (Fsp3) is 0.476. The van der Waals surface area contributed by atoms with Crippen LogP contribution >= 0.6 is 0 Å². The first kappa shape index (κ1) is 24.1. The molecule has 3 unspecified atom stereocenters. The minimum absolute atomic E-state index is 0.0173. The molecule has 1 aliphatic heterocycles. The second-order valence-electron chi connectivity index (χ2n) is 7.86. The molecule has 1 saturated heterocycles. The zero-order chi connectivity index (χ0) is 23.5. The van der Waals surface area contributed by atoms with E-state index in [1.807, 2.05) is 0 Å². The van der Waals surface area contributed by atoms with Gasteiger partial charge in [0.25, 0.3) is 11.5 Å². The van der Waals surface area contributed by atoms with E-state index in [9.17, 15) is 27.0 Å². The molecule has 0 radical (unpaired) electrons. The Morgan fingerprint density at radius 1 is 1.34 bits per heavy atom. The molecule has 0 saturated carbocycles. The maximum absolute atomic E-state index is 14.8. The van der Waals surface area contributed by atoms with E-state index in [0.717, 1.165) is 12.3 Å². The van der Waals surface area contributed by atoms with Crippen LogP contribution in [0, 0.1) is 5.82 Å². The number of nitrogens with one attached hydrogen (secondary N) is 1. The topological polar surface area (TPSA) is 84.3 Å². The Morgan fingerprint density at radius 2 is 2.09 bits per heavy atom. The van der Waals surface area contributed by atoms with Crippen LogP contribution in [0.5, 0.6) is 0 Å². The number of aromatic nitrogens is 2. The van der Waals surface area contributed by atoms with E-state index >= 15 is 0 Å². The molecule has 1 aliphatic rings. The average Bonchev–Trinajstić information content (AvgIpc) is 2.74. The van der Waals surface area contributed by atoms with Crippen LogP contribution in [0.15, 0.2) is 41.5 Å². The summed E-state index contributed by atoms with van der Waals surface area (Å²) in [5.41, 5.74) is -0.0660. The van der Waals surface area contributed by atoms with E-state index in [1.165, 1.54) is 35.2 Å². The SMILES string of the molecule is CC(C(=O)Nc1ccc(F)cn1)N1CCC(F)(F)C(c2ccc(=O)n(CCS(C)=O)c2)C1. The molecule has 32 heavy (non-hydrogen) atoms. The largest absolute Gasteiger partial charge is 0.314 e. The van der Waals surface area contributed by atoms with Gasteiger partial charge in [-0.25, -0.2) is 18.2 Å². The Balaban J connectivity index is 1.76. The predicted molar refractivity (Wildman–Crippen MR) is 116 cm³/mol. The molecule has 0 aromatic carbocycles. The molecule has 2 aromatic rings. The molecule has 1 fully saturated rings. The zero-order valence-electron chi connectivity index (χ0n) is 17.8. The minimum atomic E-state index is -3.01. The van der Waals surface area contributed by atoms with Gasteiger partial charge < -0.3 is 9.88 Å². The van der Waals surface area contributed by atoms with Crippen molar-refractivity contribution in [3.63, 3.8) is 0 Å². The Labute approximate surface area is 186 Å². The molecule has 0 aliphatic carbocycles. The molecular formula is C21H25F3N4O3S. The van der Waals surface area contributed by atoms with Crippen molar-refractivity contribution in [1.29, 1.82) is 0 Å². The van der Waals surface area contributed by atoms with Crippen LogP contribution in [0.1, 0.15) is 24.8 Å². The number of hydrogen-bond donors (Lipinski definition) is 1. The van der Waals surface area contributed by atoms with Crippen LogP contribution in [0.2, 0.25) is 0 Å². The molecular weight excluding hydrogens is 445 g/mol. The number of nitrogens with zero attached hydrogens (tertiary/aromatic N) is 3. The summed E-state index contributed by atoms with van der Waals surface area (Å²) in [7, 11) is -1.12. The molecule has 1 N–H and O–H groups in total. The Hall–Kier alpha value is -2.53. The third-order valence-electron chi connectivity index (χ3n) is 5.59. The predicted octanol–water partition coefficient (Wildman–Crippen LogP) is 2.21. The summed E-state index contributed by atoms with van der Waals surface area (Å²) in [5.74, 6) is -4.80. The van der Waals surface area contributed by atoms with Crippen molar-refractivity contribution in [2.45, 2.75) is 37.8 Å². The van der Waals surface area contributed by atoms with Crippen LogP contribution in [0.4, 0.5) is 19.0 Å². The van der Waals surface area contributed by atoms with Gasteiger partial charge in [-0.2, -0.15) is 0 Å². The number of piperidine rings is 1. The van der Waals surface area contributed by atoms with Gasteiger partial charge in [0.15, 0.2) is 0 Å². The Bertz CT molecular complexity index is 1050. The first-order chi connectivity index (χ1) is 15.1. The first-order valence-corrected chi connectivity index (χ1v) is 11.8. The molecule has 2 aromatic heterocycles. The minimum Gasteiger partial charge on any atom is -0.314 e. The number of halogens is 3. The van der Waals surface area contributed by atoms with Crippen molar-refractivity contribution >= 4 is 22.5 Å². The van der Waals surface area contributed by atoms with Crippen molar-refractivity contribution < 1.29 is 22.2 Å². The van der Waals surface area contributed by atoms with Crippen molar-refractivity contribution in [1.82, 2.24) is 14.5 Å². The number of aryl methyl sites for hydroxylation is 1. The van der Waals surface area contributed by atoms with Crippen molar-refractivity contribution in [2.75, 3.05) is 30.4 Å². The quantitative estimate of drug-likeness (QED) is 0.671. The summed E-state index contributed by atoms with van der Waals surface area (Å²) in [6.07, 6.45) is 3.43. The van der Waals surface area contributed by atoms with Gasteiger partial charge in [0, 0.05) is 61.1 Å². The molecule has 174 valence electrons. The maximum Gasteiger partial charge on any atom is 0.257 e. The molecule has 0 bridgehead atoms. The van der Waals surface area contributed by atoms with E-state index in [0.29, 0.717) is 0 Å². The van der Waals surface area contributed by atoms with E-state index in [4.69, 9.17) is 0 Å². The number of likely N-dealkylation sites (tertiary alicyclic amines) is 1. The summed E-state index contributed by atoms with van der Waals surface area (Å²) in [4.78, 5) is 30.1. The van der Waals surface area contributed by atoms with E-state index in [1.54, 1.807) is 11.8 Å². The second-order valence-corrected chi connectivity index (χ2v) is 9.41. The smallest absolute Gasteiger partial charge is 0.257 e. The van der Waals surface area contributed by atoms with Crippen LogP contribution in [-0.2, 0) is 22.1 Å². The first-order valence-electron chi connectivity index (χ1n) is 10.1. The molecule has 3 rings (SSSR count). The fourth-order valence-corrected chi connectivity index (χ4v) is 4.08. The molecule has 0 spiro atoms. The highest BCUT2D eigenvalue weighted by Crippen LogP contribution is 2.40. The summed E-state index contributed by atoms with van der Waals surface area (Å²) in [6.45, 7) is 1.71. The highest BCUT2D eigenvalue weighted by molar-refractivity contribution is 7.84. The summed E-state index contributed by atoms with van der Waals surface area (Å²) in [6, 6.07) is 4.37. The number of rotatable bonds is 7. The number of carbonyl (C=O) groups is 1. The lowest BCUT2D eigenvalue weighted by atomic mass is 9.87. The Kier molecular flexibility index (Phi) is 7.50. The molecule has 1 amide bonds. The zero-order valence-corrected chi connectivity index (χ0v) is 18.6. The summed E-state index contributed by atoms with van der Waals surface area (Å²) < 4.78 is 55.3. The molecule has 3 atom stereocenters.